The molecule has 0 aromatic heterocycles. The summed E-state index contributed by atoms with van der Waals surface area (Å²) in [4.78, 5) is 41.0. The Morgan fingerprint density at radius 2 is 1.76 bits per heavy atom. The number of allylic oxidation sites excluding steroid dienone is 1. The normalized spacial score (nSPS) is 18.1. The first kappa shape index (κ1) is 23.3. The first-order valence-corrected chi connectivity index (χ1v) is 11.3. The molecule has 0 unspecified atom stereocenters. The van der Waals surface area contributed by atoms with Gasteiger partial charge >= 0.3 is 6.03 Å². The summed E-state index contributed by atoms with van der Waals surface area (Å²) < 4.78 is 0. The van der Waals surface area contributed by atoms with E-state index in [9.17, 15) is 14.4 Å². The standard InChI is InChI=1S/C27H30N4O3/c1-16-7-9-20(10-8-16)28-24(32)15-31-25(33)22(29-26(31)34)13-19-12-21-18(3)14-27(4,5)30(6)23(21)11-17(19)2/h7-14H,15H2,1-6H3,(H,28,32)(H,29,34)/b22-13+. The van der Waals surface area contributed by atoms with Gasteiger partial charge in [0.15, 0.2) is 0 Å². The third-order valence-electron chi connectivity index (χ3n) is 6.50. The van der Waals surface area contributed by atoms with Crippen molar-refractivity contribution in [2.75, 3.05) is 23.8 Å². The van der Waals surface area contributed by atoms with Gasteiger partial charge in [0, 0.05) is 24.0 Å². The Bertz CT molecular complexity index is 1260. The van der Waals surface area contributed by atoms with Gasteiger partial charge in [-0.25, -0.2) is 9.69 Å². The predicted octanol–water partition coefficient (Wildman–Crippen LogP) is 4.47. The lowest BCUT2D eigenvalue weighted by atomic mass is 9.87. The molecule has 4 amide bonds. The number of amides is 4. The lowest BCUT2D eigenvalue weighted by Crippen LogP contribution is -2.42. The smallest absolute Gasteiger partial charge is 0.329 e. The molecule has 1 saturated heterocycles. The molecule has 2 aliphatic rings. The molecule has 7 nitrogen and oxygen atoms in total. The summed E-state index contributed by atoms with van der Waals surface area (Å²) in [6.45, 7) is 9.99. The number of hydrogen-bond acceptors (Lipinski definition) is 4. The molecule has 7 heteroatoms. The SMILES string of the molecule is CC1=CC(C)(C)N(C)c2cc(C)c(/C=C3/NC(=O)N(CC(=O)Nc4ccc(C)cc4)C3=O)cc21. The Labute approximate surface area is 200 Å². The van der Waals surface area contributed by atoms with E-state index >= 15 is 0 Å². The van der Waals surface area contributed by atoms with Crippen LogP contribution in [0.4, 0.5) is 16.2 Å². The molecule has 34 heavy (non-hydrogen) atoms. The second-order valence-electron chi connectivity index (χ2n) is 9.56. The lowest BCUT2D eigenvalue weighted by Gasteiger charge is -2.41. The van der Waals surface area contributed by atoms with Crippen LogP contribution in [0.5, 0.6) is 0 Å². The fourth-order valence-electron chi connectivity index (χ4n) is 4.32. The molecule has 176 valence electrons. The van der Waals surface area contributed by atoms with E-state index in [1.54, 1.807) is 18.2 Å². The summed E-state index contributed by atoms with van der Waals surface area (Å²) in [5.41, 5.74) is 6.94. The molecule has 2 aromatic rings. The molecule has 0 aliphatic carbocycles. The van der Waals surface area contributed by atoms with Gasteiger partial charge in [0.2, 0.25) is 5.91 Å². The average molecular weight is 459 g/mol. The van der Waals surface area contributed by atoms with Crippen molar-refractivity contribution in [1.29, 1.82) is 0 Å². The highest BCUT2D eigenvalue weighted by atomic mass is 16.2. The second-order valence-corrected chi connectivity index (χ2v) is 9.56. The van der Waals surface area contributed by atoms with Crippen molar-refractivity contribution in [3.63, 3.8) is 0 Å². The molecule has 0 bridgehead atoms. The minimum Gasteiger partial charge on any atom is -0.365 e. The maximum atomic E-state index is 12.9. The van der Waals surface area contributed by atoms with Crippen molar-refractivity contribution >= 4 is 40.9 Å². The van der Waals surface area contributed by atoms with E-state index in [1.807, 2.05) is 32.0 Å². The van der Waals surface area contributed by atoms with Gasteiger partial charge in [0.05, 0.1) is 5.54 Å². The first-order valence-electron chi connectivity index (χ1n) is 11.3. The van der Waals surface area contributed by atoms with Crippen molar-refractivity contribution in [3.05, 3.63) is 70.4 Å². The number of rotatable bonds is 4. The average Bonchev–Trinajstić information content (AvgIpc) is 3.02. The Morgan fingerprint density at radius 1 is 1.09 bits per heavy atom. The highest BCUT2D eigenvalue weighted by molar-refractivity contribution is 6.16. The van der Waals surface area contributed by atoms with Gasteiger partial charge < -0.3 is 15.5 Å². The van der Waals surface area contributed by atoms with Gasteiger partial charge in [-0.05, 0) is 81.7 Å². The van der Waals surface area contributed by atoms with Crippen molar-refractivity contribution in [3.8, 4) is 0 Å². The Balaban J connectivity index is 1.55. The summed E-state index contributed by atoms with van der Waals surface area (Å²) in [6, 6.07) is 10.8. The zero-order chi connectivity index (χ0) is 24.8. The fraction of sp³-hybridized carbons (Fsp3) is 0.296. The number of fused-ring (bicyclic) bond motifs is 1. The van der Waals surface area contributed by atoms with Crippen molar-refractivity contribution in [2.24, 2.45) is 0 Å². The van der Waals surface area contributed by atoms with Crippen LogP contribution in [-0.2, 0) is 9.59 Å². The van der Waals surface area contributed by atoms with Gasteiger partial charge in [-0.1, -0.05) is 23.8 Å². The van der Waals surface area contributed by atoms with E-state index in [0.717, 1.165) is 38.4 Å². The van der Waals surface area contributed by atoms with E-state index in [-0.39, 0.29) is 17.8 Å². The van der Waals surface area contributed by atoms with Crippen LogP contribution in [0.1, 0.15) is 43.0 Å². The number of aryl methyl sites for hydroxylation is 2. The zero-order valence-corrected chi connectivity index (χ0v) is 20.4. The summed E-state index contributed by atoms with van der Waals surface area (Å²) >= 11 is 0. The van der Waals surface area contributed by atoms with Crippen LogP contribution < -0.4 is 15.5 Å². The molecule has 1 fully saturated rings. The number of hydrogen-bond donors (Lipinski definition) is 2. The number of anilines is 2. The van der Waals surface area contributed by atoms with Crippen LogP contribution in [0, 0.1) is 13.8 Å². The zero-order valence-electron chi connectivity index (χ0n) is 20.4. The van der Waals surface area contributed by atoms with Crippen molar-refractivity contribution in [1.82, 2.24) is 10.2 Å². The van der Waals surface area contributed by atoms with E-state index in [1.165, 1.54) is 0 Å². The lowest BCUT2D eigenvalue weighted by molar-refractivity contribution is -0.127. The molecule has 2 N–H and O–H groups in total. The Kier molecular flexibility index (Phi) is 5.81. The van der Waals surface area contributed by atoms with Crippen LogP contribution in [0.3, 0.4) is 0 Å². The first-order chi connectivity index (χ1) is 16.0. The molecule has 4 rings (SSSR count). The summed E-state index contributed by atoms with van der Waals surface area (Å²) in [5.74, 6) is -0.961. The van der Waals surface area contributed by atoms with Gasteiger partial charge in [-0.3, -0.25) is 9.59 Å². The monoisotopic (exact) mass is 458 g/mol. The minimum atomic E-state index is -0.608. The molecule has 0 spiro atoms. The second kappa shape index (κ2) is 8.48. The highest BCUT2D eigenvalue weighted by Gasteiger charge is 2.35. The molecule has 2 heterocycles. The number of nitrogens with zero attached hydrogens (tertiary/aromatic N) is 2. The van der Waals surface area contributed by atoms with Crippen LogP contribution in [0.2, 0.25) is 0 Å². The number of carbonyl (C=O) groups excluding carboxylic acids is 3. The van der Waals surface area contributed by atoms with E-state index in [0.29, 0.717) is 5.69 Å². The quantitative estimate of drug-likeness (QED) is 0.523. The van der Waals surface area contributed by atoms with Gasteiger partial charge in [0.25, 0.3) is 5.91 Å². The van der Waals surface area contributed by atoms with Crippen LogP contribution in [0.25, 0.3) is 11.6 Å². The fourth-order valence-corrected chi connectivity index (χ4v) is 4.32. The van der Waals surface area contributed by atoms with Gasteiger partial charge in [-0.2, -0.15) is 0 Å². The number of nitrogens with one attached hydrogen (secondary N) is 2. The van der Waals surface area contributed by atoms with Crippen molar-refractivity contribution < 1.29 is 14.4 Å². The summed E-state index contributed by atoms with van der Waals surface area (Å²) in [5, 5.41) is 5.33. The number of imide groups is 1. The summed E-state index contributed by atoms with van der Waals surface area (Å²) in [6.07, 6.45) is 3.90. The number of carbonyl (C=O) groups is 3. The van der Waals surface area contributed by atoms with Crippen LogP contribution in [0.15, 0.2) is 48.2 Å². The van der Waals surface area contributed by atoms with Gasteiger partial charge in [-0.15, -0.1) is 0 Å². The Hall–Kier alpha value is -3.87. The Morgan fingerprint density at radius 3 is 2.44 bits per heavy atom. The third kappa shape index (κ3) is 4.33. The number of benzene rings is 2. The van der Waals surface area contributed by atoms with Crippen LogP contribution >= 0.6 is 0 Å². The molecule has 0 saturated carbocycles. The number of urea groups is 1. The predicted molar refractivity (Wildman–Crippen MR) is 135 cm³/mol. The molecular weight excluding hydrogens is 428 g/mol. The van der Waals surface area contributed by atoms with Crippen molar-refractivity contribution in [2.45, 2.75) is 40.2 Å². The van der Waals surface area contributed by atoms with Gasteiger partial charge in [0.1, 0.15) is 12.2 Å². The molecule has 0 radical (unpaired) electrons. The third-order valence-corrected chi connectivity index (χ3v) is 6.50. The van der Waals surface area contributed by atoms with Crippen LogP contribution in [-0.4, -0.2) is 41.9 Å². The largest absolute Gasteiger partial charge is 0.365 e. The highest BCUT2D eigenvalue weighted by Crippen LogP contribution is 2.39. The molecule has 2 aliphatic heterocycles. The molecule has 2 aromatic carbocycles. The summed E-state index contributed by atoms with van der Waals surface area (Å²) in [7, 11) is 2.07. The maximum Gasteiger partial charge on any atom is 0.329 e. The van der Waals surface area contributed by atoms with E-state index < -0.39 is 17.8 Å². The number of likely N-dealkylation sites (N-methyl/N-ethyl adjacent to an activating group) is 1. The minimum absolute atomic E-state index is 0.0987. The van der Waals surface area contributed by atoms with E-state index in [2.05, 4.69) is 55.5 Å². The maximum absolute atomic E-state index is 12.9. The topological polar surface area (TPSA) is 81.8 Å². The molecular formula is C27H30N4O3. The van der Waals surface area contributed by atoms with E-state index in [4.69, 9.17) is 0 Å². The molecule has 0 atom stereocenters.